The highest BCUT2D eigenvalue weighted by atomic mass is 32.2. The number of aromatic nitrogens is 3. The number of halogens is 1. The van der Waals surface area contributed by atoms with Crippen molar-refractivity contribution in [3.05, 3.63) is 118 Å². The molecule has 0 fully saturated rings. The minimum Gasteiger partial charge on any atom is -0.465 e. The van der Waals surface area contributed by atoms with Gasteiger partial charge >= 0.3 is 11.9 Å². The van der Waals surface area contributed by atoms with Gasteiger partial charge in [-0.25, -0.2) is 18.7 Å². The molecule has 198 valence electrons. The Morgan fingerprint density at radius 1 is 1.00 bits per heavy atom. The van der Waals surface area contributed by atoms with Crippen molar-refractivity contribution in [3.8, 4) is 0 Å². The number of benzene rings is 3. The Labute approximate surface area is 228 Å². The first-order chi connectivity index (χ1) is 18.9. The summed E-state index contributed by atoms with van der Waals surface area (Å²) in [5, 5.41) is 8.25. The van der Waals surface area contributed by atoms with Crippen molar-refractivity contribution < 1.29 is 23.5 Å². The van der Waals surface area contributed by atoms with E-state index in [0.717, 1.165) is 5.56 Å². The molecule has 0 amide bonds. The van der Waals surface area contributed by atoms with Crippen LogP contribution in [0, 0.1) is 5.82 Å². The first kappa shape index (κ1) is 26.2. The van der Waals surface area contributed by atoms with Gasteiger partial charge in [-0.05, 0) is 41.8 Å². The van der Waals surface area contributed by atoms with Gasteiger partial charge < -0.3 is 14.8 Å². The highest BCUT2D eigenvalue weighted by Crippen LogP contribution is 2.37. The molecule has 10 heteroatoms. The van der Waals surface area contributed by atoms with E-state index in [1.54, 1.807) is 54.1 Å². The van der Waals surface area contributed by atoms with E-state index in [-0.39, 0.29) is 12.4 Å². The van der Waals surface area contributed by atoms with Crippen molar-refractivity contribution >= 4 is 29.6 Å². The minimum absolute atomic E-state index is 0.110. The molecule has 5 rings (SSSR count). The van der Waals surface area contributed by atoms with Crippen LogP contribution in [-0.2, 0) is 26.6 Å². The number of nitrogens with zero attached hydrogens (tertiary/aromatic N) is 3. The number of hydrogen-bond acceptors (Lipinski definition) is 8. The number of allylic oxidation sites excluding steroid dienone is 1. The average molecular weight is 545 g/mol. The van der Waals surface area contributed by atoms with Crippen LogP contribution in [0.3, 0.4) is 0 Å². The molecule has 1 unspecified atom stereocenters. The highest BCUT2D eigenvalue weighted by Gasteiger charge is 2.35. The molecule has 8 nitrogen and oxygen atoms in total. The summed E-state index contributed by atoms with van der Waals surface area (Å²) in [5.41, 5.74) is 3.41. The second-order valence-corrected chi connectivity index (χ2v) is 9.73. The van der Waals surface area contributed by atoms with Gasteiger partial charge in [0.1, 0.15) is 18.5 Å². The smallest absolute Gasteiger partial charge is 0.338 e. The van der Waals surface area contributed by atoms with Gasteiger partial charge in [-0.3, -0.25) is 0 Å². The van der Waals surface area contributed by atoms with Crippen LogP contribution in [0.5, 0.6) is 0 Å². The maximum Gasteiger partial charge on any atom is 0.338 e. The van der Waals surface area contributed by atoms with Gasteiger partial charge in [0, 0.05) is 11.4 Å². The molecule has 3 aromatic carbocycles. The Hall–Kier alpha value is -4.44. The van der Waals surface area contributed by atoms with Crippen LogP contribution >= 0.6 is 11.8 Å². The fraction of sp³-hybridized carbons (Fsp3) is 0.172. The molecule has 39 heavy (non-hydrogen) atoms. The van der Waals surface area contributed by atoms with E-state index in [2.05, 4.69) is 15.4 Å². The largest absolute Gasteiger partial charge is 0.465 e. The summed E-state index contributed by atoms with van der Waals surface area (Å²) in [6.45, 7) is 1.89. The van der Waals surface area contributed by atoms with Gasteiger partial charge in [0.05, 0.1) is 18.2 Å². The summed E-state index contributed by atoms with van der Waals surface area (Å²) < 4.78 is 26.3. The molecular weight excluding hydrogens is 519 g/mol. The van der Waals surface area contributed by atoms with Crippen molar-refractivity contribution in [3.63, 3.8) is 0 Å². The zero-order chi connectivity index (χ0) is 27.4. The van der Waals surface area contributed by atoms with E-state index in [1.807, 2.05) is 30.3 Å². The third-order valence-electron chi connectivity index (χ3n) is 6.23. The van der Waals surface area contributed by atoms with Gasteiger partial charge in [-0.1, -0.05) is 72.4 Å². The van der Waals surface area contributed by atoms with E-state index in [1.165, 1.54) is 24.9 Å². The number of ether oxygens (including phenoxy) is 2. The lowest BCUT2D eigenvalue weighted by Crippen LogP contribution is -2.29. The van der Waals surface area contributed by atoms with Gasteiger partial charge in [-0.15, -0.1) is 5.10 Å². The second-order valence-electron chi connectivity index (χ2n) is 8.78. The van der Waals surface area contributed by atoms with Gasteiger partial charge in [-0.2, -0.15) is 4.98 Å². The van der Waals surface area contributed by atoms with Crippen LogP contribution in [0.4, 0.5) is 10.3 Å². The molecule has 0 aliphatic carbocycles. The van der Waals surface area contributed by atoms with Gasteiger partial charge in [0.2, 0.25) is 11.1 Å². The molecule has 2 heterocycles. The minimum atomic E-state index is -0.675. The van der Waals surface area contributed by atoms with Crippen LogP contribution in [-0.4, -0.2) is 33.8 Å². The van der Waals surface area contributed by atoms with Crippen LogP contribution in [0.2, 0.25) is 0 Å². The van der Waals surface area contributed by atoms with Crippen molar-refractivity contribution in [2.24, 2.45) is 0 Å². The number of hydrogen-bond donors (Lipinski definition) is 1. The highest BCUT2D eigenvalue weighted by molar-refractivity contribution is 7.98. The number of nitrogens with one attached hydrogen (secondary N) is 1. The predicted molar refractivity (Wildman–Crippen MR) is 144 cm³/mol. The summed E-state index contributed by atoms with van der Waals surface area (Å²) in [4.78, 5) is 30.0. The molecule has 4 aromatic rings. The molecule has 0 spiro atoms. The number of thioether (sulfide) groups is 1. The Bertz CT molecular complexity index is 1540. The molecule has 1 aliphatic rings. The lowest BCUT2D eigenvalue weighted by atomic mass is 9.95. The number of rotatable bonds is 8. The van der Waals surface area contributed by atoms with Crippen molar-refractivity contribution in [2.75, 3.05) is 12.4 Å². The number of esters is 2. The molecule has 0 saturated carbocycles. The van der Waals surface area contributed by atoms with Crippen LogP contribution in [0.1, 0.15) is 40.0 Å². The summed E-state index contributed by atoms with van der Waals surface area (Å²) in [6, 6.07) is 22.1. The number of anilines is 1. The molecule has 0 bridgehead atoms. The van der Waals surface area contributed by atoms with Crippen molar-refractivity contribution in [1.82, 2.24) is 14.8 Å². The number of carbonyl (C=O) groups excluding carboxylic acids is 2. The number of methoxy groups -OCH3 is 1. The topological polar surface area (TPSA) is 95.3 Å². The van der Waals surface area contributed by atoms with E-state index in [9.17, 15) is 14.0 Å². The molecular formula is C29H25FN4O4S. The number of fused-ring (bicyclic) bond motifs is 1. The first-order valence-corrected chi connectivity index (χ1v) is 13.1. The quantitative estimate of drug-likeness (QED) is 0.229. The molecule has 1 atom stereocenters. The lowest BCUT2D eigenvalue weighted by molar-refractivity contribution is -0.140. The third-order valence-corrected chi connectivity index (χ3v) is 7.11. The Morgan fingerprint density at radius 2 is 1.72 bits per heavy atom. The molecule has 0 saturated heterocycles. The Morgan fingerprint density at radius 3 is 2.44 bits per heavy atom. The van der Waals surface area contributed by atoms with Crippen molar-refractivity contribution in [1.29, 1.82) is 0 Å². The zero-order valence-corrected chi connectivity index (χ0v) is 22.1. The summed E-state index contributed by atoms with van der Waals surface area (Å²) in [5.74, 6) is -0.490. The molecule has 0 radical (unpaired) electrons. The lowest BCUT2D eigenvalue weighted by Gasteiger charge is -2.28. The van der Waals surface area contributed by atoms with Crippen LogP contribution in [0.15, 0.2) is 95.3 Å². The standard InChI is InChI=1S/C29H25FN4O4S/c1-18-24(27(36)38-16-19-8-4-3-5-9-19)25(20-12-14-21(15-13-20)26(35)37-2)34-28(31-18)32-29(33-34)39-17-22-10-6-7-11-23(22)30/h3-15,25H,16-17H2,1-2H3,(H,31,32,33). The van der Waals surface area contributed by atoms with Gasteiger partial charge in [0.15, 0.2) is 0 Å². The summed E-state index contributed by atoms with van der Waals surface area (Å²) >= 11 is 1.29. The number of carbonyl (C=O) groups is 2. The summed E-state index contributed by atoms with van der Waals surface area (Å²) in [7, 11) is 1.32. The fourth-order valence-corrected chi connectivity index (χ4v) is 5.06. The first-order valence-electron chi connectivity index (χ1n) is 12.1. The monoisotopic (exact) mass is 544 g/mol. The van der Waals surface area contributed by atoms with Gasteiger partial charge in [0.25, 0.3) is 0 Å². The zero-order valence-electron chi connectivity index (χ0n) is 21.3. The van der Waals surface area contributed by atoms with Crippen molar-refractivity contribution in [2.45, 2.75) is 30.5 Å². The average Bonchev–Trinajstić information content (AvgIpc) is 3.37. The summed E-state index contributed by atoms with van der Waals surface area (Å²) in [6.07, 6.45) is 0. The Balaban J connectivity index is 1.47. The predicted octanol–water partition coefficient (Wildman–Crippen LogP) is 5.53. The van der Waals surface area contributed by atoms with E-state index < -0.39 is 18.0 Å². The van der Waals surface area contributed by atoms with E-state index in [0.29, 0.717) is 44.8 Å². The van der Waals surface area contributed by atoms with Crippen LogP contribution < -0.4 is 5.32 Å². The van der Waals surface area contributed by atoms with E-state index >= 15 is 0 Å². The van der Waals surface area contributed by atoms with E-state index in [4.69, 9.17) is 9.47 Å². The molecule has 1 N–H and O–H groups in total. The third kappa shape index (κ3) is 5.70. The fourth-order valence-electron chi connectivity index (χ4n) is 4.24. The SMILES string of the molecule is COC(=O)c1ccc(C2C(C(=O)OCc3ccccc3)=C(C)Nc3nc(SCc4ccccc4F)nn32)cc1. The molecule has 1 aromatic heterocycles. The maximum atomic E-state index is 14.1. The van der Waals surface area contributed by atoms with Crippen LogP contribution in [0.25, 0.3) is 0 Å². The molecule has 1 aliphatic heterocycles. The second kappa shape index (κ2) is 11.5. The Kier molecular flexibility index (Phi) is 7.74. The normalized spacial score (nSPS) is 14.4. The maximum absolute atomic E-state index is 14.1.